The Kier molecular flexibility index (Phi) is 8.30. The van der Waals surface area contributed by atoms with E-state index in [-0.39, 0.29) is 5.41 Å². The average molecular weight is 700 g/mol. The van der Waals surface area contributed by atoms with Gasteiger partial charge in [0.15, 0.2) is 14.3 Å². The topological polar surface area (TPSA) is 39.1 Å². The highest BCUT2D eigenvalue weighted by atomic mass is 31.2. The summed E-state index contributed by atoms with van der Waals surface area (Å²) in [6.45, 7) is 6.69. The third-order valence-corrected chi connectivity index (χ3v) is 16.1. The van der Waals surface area contributed by atoms with E-state index in [4.69, 9.17) is 0 Å². The zero-order valence-corrected chi connectivity index (χ0v) is 30.8. The van der Waals surface area contributed by atoms with Crippen LogP contribution in [0.15, 0.2) is 182 Å². The fourth-order valence-corrected chi connectivity index (χ4v) is 12.5. The minimum atomic E-state index is -3.19. The lowest BCUT2D eigenvalue weighted by atomic mass is 9.86. The molecule has 250 valence electrons. The number of hydrogen-bond donors (Lipinski definition) is 0. The summed E-state index contributed by atoms with van der Waals surface area (Å²) in [5, 5.41) is 6.98. The molecule has 0 radical (unpaired) electrons. The van der Waals surface area contributed by atoms with Gasteiger partial charge < -0.3 is 13.7 Å². The predicted molar refractivity (Wildman–Crippen MR) is 218 cm³/mol. The van der Waals surface area contributed by atoms with E-state index < -0.39 is 14.3 Å². The minimum absolute atomic E-state index is 0.0543. The number of aromatic nitrogens is 1. The maximum atomic E-state index is 15.4. The molecule has 0 amide bonds. The Balaban J connectivity index is 1.34. The first kappa shape index (κ1) is 33.0. The molecule has 8 rings (SSSR count). The van der Waals surface area contributed by atoms with Gasteiger partial charge in [-0.15, -0.1) is 0 Å². The minimum Gasteiger partial charge on any atom is -0.309 e. The van der Waals surface area contributed by atoms with Gasteiger partial charge in [-0.2, -0.15) is 0 Å². The summed E-state index contributed by atoms with van der Waals surface area (Å²) >= 11 is 0. The quantitative estimate of drug-likeness (QED) is 0.156. The van der Waals surface area contributed by atoms with Crippen molar-refractivity contribution in [3.63, 3.8) is 0 Å². The van der Waals surface area contributed by atoms with E-state index in [1.165, 1.54) is 5.56 Å². The smallest absolute Gasteiger partial charge is 0.171 e. The second kappa shape index (κ2) is 12.8. The molecule has 0 fully saturated rings. The molecule has 0 N–H and O–H groups in total. The van der Waals surface area contributed by atoms with Gasteiger partial charge in [0.2, 0.25) is 0 Å². The fraction of sp³-hybridized carbons (Fsp3) is 0.0870. The molecule has 0 spiro atoms. The first-order valence-electron chi connectivity index (χ1n) is 17.3. The van der Waals surface area contributed by atoms with E-state index in [0.29, 0.717) is 0 Å². The summed E-state index contributed by atoms with van der Waals surface area (Å²) in [6, 6.07) is 60.5. The van der Waals surface area contributed by atoms with Crippen molar-refractivity contribution in [2.24, 2.45) is 0 Å². The number of fused-ring (bicyclic) bond motifs is 3. The van der Waals surface area contributed by atoms with Gasteiger partial charge >= 0.3 is 0 Å². The van der Waals surface area contributed by atoms with E-state index in [1.54, 1.807) is 0 Å². The molecular formula is C46H39NO2P2. The molecule has 0 atom stereocenters. The summed E-state index contributed by atoms with van der Waals surface area (Å²) in [4.78, 5) is 0. The first-order valence-corrected chi connectivity index (χ1v) is 20.7. The Bertz CT molecular complexity index is 2500. The van der Waals surface area contributed by atoms with Crippen LogP contribution in [0.3, 0.4) is 0 Å². The van der Waals surface area contributed by atoms with Crippen LogP contribution in [0.4, 0.5) is 0 Å². The van der Waals surface area contributed by atoms with Crippen molar-refractivity contribution in [2.75, 3.05) is 0 Å². The van der Waals surface area contributed by atoms with Crippen LogP contribution < -0.4 is 31.8 Å². The number of nitrogens with zero attached hydrogens (tertiary/aromatic N) is 1. The van der Waals surface area contributed by atoms with Crippen molar-refractivity contribution in [3.05, 3.63) is 188 Å². The van der Waals surface area contributed by atoms with E-state index in [2.05, 4.69) is 67.8 Å². The molecule has 51 heavy (non-hydrogen) atoms. The summed E-state index contributed by atoms with van der Waals surface area (Å²) in [7, 11) is -6.31. The van der Waals surface area contributed by atoms with Crippen LogP contribution in [-0.4, -0.2) is 4.57 Å². The lowest BCUT2D eigenvalue weighted by Crippen LogP contribution is -2.25. The molecule has 0 unspecified atom stereocenters. The fourth-order valence-electron chi connectivity index (χ4n) is 7.21. The summed E-state index contributed by atoms with van der Waals surface area (Å²) in [5.74, 6) is 0. The number of rotatable bonds is 7. The lowest BCUT2D eigenvalue weighted by Gasteiger charge is -2.21. The van der Waals surface area contributed by atoms with Crippen molar-refractivity contribution in [1.82, 2.24) is 4.57 Å². The third kappa shape index (κ3) is 5.62. The van der Waals surface area contributed by atoms with Gasteiger partial charge in [-0.25, -0.2) is 0 Å². The van der Waals surface area contributed by atoms with Crippen molar-refractivity contribution in [2.45, 2.75) is 26.2 Å². The molecule has 0 saturated heterocycles. The second-order valence-corrected chi connectivity index (χ2v) is 19.6. The van der Waals surface area contributed by atoms with E-state index in [0.717, 1.165) is 59.3 Å². The lowest BCUT2D eigenvalue weighted by molar-refractivity contribution is 0.591. The maximum absolute atomic E-state index is 15.4. The van der Waals surface area contributed by atoms with E-state index in [9.17, 15) is 0 Å². The van der Waals surface area contributed by atoms with Crippen molar-refractivity contribution in [1.29, 1.82) is 0 Å². The molecule has 8 aromatic rings. The Morgan fingerprint density at radius 3 is 1.18 bits per heavy atom. The Hall–Kier alpha value is -5.20. The van der Waals surface area contributed by atoms with Crippen LogP contribution in [-0.2, 0) is 14.5 Å². The zero-order chi connectivity index (χ0) is 35.2. The molecule has 1 aromatic heterocycles. The van der Waals surface area contributed by atoms with Gasteiger partial charge in [-0.05, 0) is 65.6 Å². The molecule has 0 bridgehead atoms. The van der Waals surface area contributed by atoms with Gasteiger partial charge in [-0.3, -0.25) is 0 Å². The highest BCUT2D eigenvalue weighted by Crippen LogP contribution is 2.45. The van der Waals surface area contributed by atoms with Crippen LogP contribution in [0, 0.1) is 0 Å². The Morgan fingerprint density at radius 2 is 0.745 bits per heavy atom. The van der Waals surface area contributed by atoms with Crippen molar-refractivity contribution >= 4 is 67.9 Å². The van der Waals surface area contributed by atoms with Crippen LogP contribution >= 0.6 is 14.3 Å². The molecule has 7 aromatic carbocycles. The van der Waals surface area contributed by atoms with E-state index >= 15 is 9.13 Å². The van der Waals surface area contributed by atoms with Crippen molar-refractivity contribution < 1.29 is 9.13 Å². The molecule has 0 aliphatic carbocycles. The molecular weight excluding hydrogens is 660 g/mol. The SMILES string of the molecule is CC(C)(C)c1ccc2c(c1)c1cc(P(=O)(c3ccccc3)c3ccccc3)ccc1n2-c1ccc(P(=O)(c2ccccc2)c2ccccc2)cc1. The van der Waals surface area contributed by atoms with Gasteiger partial charge in [-0.1, -0.05) is 148 Å². The molecule has 3 nitrogen and oxygen atoms in total. The molecule has 0 aliphatic rings. The van der Waals surface area contributed by atoms with E-state index in [1.807, 2.05) is 140 Å². The molecule has 0 saturated carbocycles. The van der Waals surface area contributed by atoms with Gasteiger partial charge in [0.25, 0.3) is 0 Å². The highest BCUT2D eigenvalue weighted by molar-refractivity contribution is 7.85. The average Bonchev–Trinajstić information content (AvgIpc) is 3.51. The van der Waals surface area contributed by atoms with Crippen LogP contribution in [0.2, 0.25) is 0 Å². The van der Waals surface area contributed by atoms with Crippen LogP contribution in [0.25, 0.3) is 27.5 Å². The number of benzene rings is 7. The summed E-state index contributed by atoms with van der Waals surface area (Å²) in [5.41, 5.74) is 4.23. The summed E-state index contributed by atoms with van der Waals surface area (Å²) in [6.07, 6.45) is 0. The zero-order valence-electron chi connectivity index (χ0n) is 29.0. The number of hydrogen-bond acceptors (Lipinski definition) is 2. The highest BCUT2D eigenvalue weighted by Gasteiger charge is 2.32. The van der Waals surface area contributed by atoms with Gasteiger partial charge in [0, 0.05) is 48.3 Å². The van der Waals surface area contributed by atoms with Crippen molar-refractivity contribution in [3.8, 4) is 5.69 Å². The Morgan fingerprint density at radius 1 is 0.392 bits per heavy atom. The normalized spacial score (nSPS) is 12.4. The third-order valence-electron chi connectivity index (χ3n) is 9.93. The second-order valence-electron chi connectivity index (χ2n) is 14.1. The first-order chi connectivity index (χ1) is 24.7. The largest absolute Gasteiger partial charge is 0.309 e. The van der Waals surface area contributed by atoms with Gasteiger partial charge in [0.1, 0.15) is 0 Å². The van der Waals surface area contributed by atoms with Gasteiger partial charge in [0.05, 0.1) is 11.0 Å². The molecule has 1 heterocycles. The standard InChI is InChI=1S/C46H39NO2P2/c1-46(2,3)34-24-30-44-42(32-34)43-33-41(51(49,38-20-12-6-13-21-38)39-22-14-7-15-23-39)29-31-45(43)47(44)35-25-27-40(28-26-35)50(48,36-16-8-4-9-17-36)37-18-10-5-11-19-37/h4-33H,1-3H3. The van der Waals surface area contributed by atoms with Crippen LogP contribution in [0.5, 0.6) is 0 Å². The predicted octanol–water partition coefficient (Wildman–Crippen LogP) is 9.36. The maximum Gasteiger partial charge on any atom is 0.171 e. The summed E-state index contributed by atoms with van der Waals surface area (Å²) < 4.78 is 32.8. The molecule has 0 aliphatic heterocycles. The molecule has 5 heteroatoms. The monoisotopic (exact) mass is 699 g/mol. The Labute approximate surface area is 300 Å². The van der Waals surface area contributed by atoms with Crippen LogP contribution in [0.1, 0.15) is 26.3 Å².